The third-order valence-corrected chi connectivity index (χ3v) is 4.62. The summed E-state index contributed by atoms with van der Waals surface area (Å²) in [6.07, 6.45) is 5.39. The smallest absolute Gasteiger partial charge is 0.197 e. The fourth-order valence-corrected chi connectivity index (χ4v) is 3.61. The maximum absolute atomic E-state index is 4.80. The molecule has 21 heavy (non-hydrogen) atoms. The van der Waals surface area contributed by atoms with Gasteiger partial charge in [-0.1, -0.05) is 43.7 Å². The summed E-state index contributed by atoms with van der Waals surface area (Å²) in [6, 6.07) is 10.8. The summed E-state index contributed by atoms with van der Waals surface area (Å²) in [4.78, 5) is 9.80. The predicted octanol–water partition coefficient (Wildman–Crippen LogP) is 3.37. The van der Waals surface area contributed by atoms with Crippen LogP contribution >= 0.6 is 0 Å². The summed E-state index contributed by atoms with van der Waals surface area (Å²) < 4.78 is 0. The second-order valence-electron chi connectivity index (χ2n) is 6.33. The first-order valence-electron chi connectivity index (χ1n) is 8.45. The van der Waals surface area contributed by atoms with Crippen LogP contribution in [0, 0.1) is 5.92 Å². The van der Waals surface area contributed by atoms with Crippen molar-refractivity contribution in [2.24, 2.45) is 10.9 Å². The minimum atomic E-state index is 0.866. The minimum Gasteiger partial charge on any atom is -0.343 e. The highest BCUT2D eigenvalue weighted by Crippen LogP contribution is 2.23. The third-order valence-electron chi connectivity index (χ3n) is 4.62. The monoisotopic (exact) mass is 285 g/mol. The van der Waals surface area contributed by atoms with Crippen LogP contribution in [0.15, 0.2) is 35.3 Å². The van der Waals surface area contributed by atoms with Gasteiger partial charge in [0.05, 0.1) is 6.54 Å². The van der Waals surface area contributed by atoms with Gasteiger partial charge in [0, 0.05) is 26.2 Å². The molecule has 1 unspecified atom stereocenters. The van der Waals surface area contributed by atoms with Crippen LogP contribution in [0.5, 0.6) is 0 Å². The SMILES string of the molecule is CCCC1CCCN(C2=NCCN2Cc2ccccc2)C1. The van der Waals surface area contributed by atoms with Crippen molar-refractivity contribution in [1.29, 1.82) is 0 Å². The predicted molar refractivity (Wildman–Crippen MR) is 88.4 cm³/mol. The highest BCUT2D eigenvalue weighted by atomic mass is 15.4. The molecule has 2 aliphatic rings. The fraction of sp³-hybridized carbons (Fsp3) is 0.611. The Bertz CT molecular complexity index is 467. The highest BCUT2D eigenvalue weighted by Gasteiger charge is 2.27. The number of rotatable bonds is 4. The molecule has 1 aromatic rings. The van der Waals surface area contributed by atoms with E-state index in [1.54, 1.807) is 0 Å². The van der Waals surface area contributed by atoms with Crippen LogP contribution in [0.1, 0.15) is 38.2 Å². The number of piperidine rings is 1. The van der Waals surface area contributed by atoms with Crippen LogP contribution in [0.3, 0.4) is 0 Å². The van der Waals surface area contributed by atoms with Gasteiger partial charge in [-0.2, -0.15) is 0 Å². The normalized spacial score (nSPS) is 22.5. The highest BCUT2D eigenvalue weighted by molar-refractivity contribution is 5.81. The molecule has 2 heterocycles. The maximum atomic E-state index is 4.80. The van der Waals surface area contributed by atoms with E-state index in [1.165, 1.54) is 50.3 Å². The second-order valence-corrected chi connectivity index (χ2v) is 6.33. The van der Waals surface area contributed by atoms with Gasteiger partial charge in [-0.05, 0) is 30.7 Å². The lowest BCUT2D eigenvalue weighted by Gasteiger charge is -2.37. The summed E-state index contributed by atoms with van der Waals surface area (Å²) in [7, 11) is 0. The van der Waals surface area contributed by atoms with Crippen molar-refractivity contribution >= 4 is 5.96 Å². The molecule has 3 nitrogen and oxygen atoms in total. The van der Waals surface area contributed by atoms with Crippen LogP contribution in [-0.2, 0) is 6.54 Å². The van der Waals surface area contributed by atoms with Crippen molar-refractivity contribution in [3.05, 3.63) is 35.9 Å². The molecule has 1 aromatic carbocycles. The standard InChI is InChI=1S/C18H27N3/c1-2-7-16-10-6-12-20(14-16)18-19-11-13-21(18)15-17-8-4-3-5-9-17/h3-5,8-9,16H,2,6-7,10-15H2,1H3. The van der Waals surface area contributed by atoms with Crippen LogP contribution in [-0.4, -0.2) is 41.9 Å². The van der Waals surface area contributed by atoms with E-state index in [1.807, 2.05) is 0 Å². The molecule has 0 bridgehead atoms. The van der Waals surface area contributed by atoms with Gasteiger partial charge in [0.2, 0.25) is 0 Å². The quantitative estimate of drug-likeness (QED) is 0.844. The topological polar surface area (TPSA) is 18.8 Å². The lowest BCUT2D eigenvalue weighted by molar-refractivity contribution is 0.223. The lowest BCUT2D eigenvalue weighted by atomic mass is 9.94. The van der Waals surface area contributed by atoms with Gasteiger partial charge >= 0.3 is 0 Å². The maximum Gasteiger partial charge on any atom is 0.197 e. The first-order valence-corrected chi connectivity index (χ1v) is 8.45. The van der Waals surface area contributed by atoms with E-state index in [0.29, 0.717) is 0 Å². The summed E-state index contributed by atoms with van der Waals surface area (Å²) in [6.45, 7) is 7.71. The molecule has 114 valence electrons. The van der Waals surface area contributed by atoms with E-state index in [-0.39, 0.29) is 0 Å². The number of hydrogen-bond acceptors (Lipinski definition) is 3. The second kappa shape index (κ2) is 6.97. The summed E-state index contributed by atoms with van der Waals surface area (Å²) >= 11 is 0. The zero-order chi connectivity index (χ0) is 14.5. The number of nitrogens with zero attached hydrogens (tertiary/aromatic N) is 3. The number of likely N-dealkylation sites (tertiary alicyclic amines) is 1. The van der Waals surface area contributed by atoms with Crippen molar-refractivity contribution in [3.63, 3.8) is 0 Å². The van der Waals surface area contributed by atoms with E-state index >= 15 is 0 Å². The largest absolute Gasteiger partial charge is 0.343 e. The Morgan fingerprint density at radius 2 is 2.05 bits per heavy atom. The number of aliphatic imine (C=N–C) groups is 1. The van der Waals surface area contributed by atoms with Gasteiger partial charge < -0.3 is 9.80 Å². The van der Waals surface area contributed by atoms with Crippen molar-refractivity contribution in [2.45, 2.75) is 39.2 Å². The van der Waals surface area contributed by atoms with Gasteiger partial charge in [0.15, 0.2) is 5.96 Å². The van der Waals surface area contributed by atoms with Crippen molar-refractivity contribution in [2.75, 3.05) is 26.2 Å². The number of hydrogen-bond donors (Lipinski definition) is 0. The molecule has 0 N–H and O–H groups in total. The molecule has 0 radical (unpaired) electrons. The van der Waals surface area contributed by atoms with E-state index in [9.17, 15) is 0 Å². The number of benzene rings is 1. The summed E-state index contributed by atoms with van der Waals surface area (Å²) in [5.74, 6) is 2.12. The lowest BCUT2D eigenvalue weighted by Crippen LogP contribution is -2.46. The molecule has 0 saturated carbocycles. The molecule has 1 atom stereocenters. The third kappa shape index (κ3) is 3.58. The van der Waals surface area contributed by atoms with Gasteiger partial charge in [-0.3, -0.25) is 4.99 Å². The van der Waals surface area contributed by atoms with Crippen LogP contribution in [0.2, 0.25) is 0 Å². The molecule has 3 rings (SSSR count). The first-order chi connectivity index (χ1) is 10.4. The van der Waals surface area contributed by atoms with Gasteiger partial charge in [0.25, 0.3) is 0 Å². The molecule has 0 aliphatic carbocycles. The minimum absolute atomic E-state index is 0.866. The summed E-state index contributed by atoms with van der Waals surface area (Å²) in [5, 5.41) is 0. The van der Waals surface area contributed by atoms with E-state index in [0.717, 1.165) is 25.6 Å². The number of guanidine groups is 1. The molecular formula is C18H27N3. The van der Waals surface area contributed by atoms with E-state index in [4.69, 9.17) is 4.99 Å². The zero-order valence-corrected chi connectivity index (χ0v) is 13.2. The van der Waals surface area contributed by atoms with Crippen molar-refractivity contribution in [3.8, 4) is 0 Å². The average molecular weight is 285 g/mol. The van der Waals surface area contributed by atoms with Crippen LogP contribution < -0.4 is 0 Å². The molecule has 1 fully saturated rings. The molecule has 2 aliphatic heterocycles. The molecule has 1 saturated heterocycles. The molecule has 0 aromatic heterocycles. The Morgan fingerprint density at radius 1 is 1.19 bits per heavy atom. The first kappa shape index (κ1) is 14.4. The van der Waals surface area contributed by atoms with E-state index in [2.05, 4.69) is 47.1 Å². The zero-order valence-electron chi connectivity index (χ0n) is 13.2. The van der Waals surface area contributed by atoms with Crippen molar-refractivity contribution in [1.82, 2.24) is 9.80 Å². The molecule has 3 heteroatoms. The molecular weight excluding hydrogens is 258 g/mol. The van der Waals surface area contributed by atoms with Crippen LogP contribution in [0.25, 0.3) is 0 Å². The van der Waals surface area contributed by atoms with Crippen LogP contribution in [0.4, 0.5) is 0 Å². The Hall–Kier alpha value is -1.51. The van der Waals surface area contributed by atoms with Gasteiger partial charge in [0.1, 0.15) is 0 Å². The average Bonchev–Trinajstić information content (AvgIpc) is 2.97. The summed E-state index contributed by atoms with van der Waals surface area (Å²) in [5.41, 5.74) is 1.38. The molecule has 0 amide bonds. The Balaban J connectivity index is 1.63. The Morgan fingerprint density at radius 3 is 2.86 bits per heavy atom. The van der Waals surface area contributed by atoms with Gasteiger partial charge in [-0.25, -0.2) is 0 Å². The molecule has 0 spiro atoms. The Kier molecular flexibility index (Phi) is 4.79. The van der Waals surface area contributed by atoms with Gasteiger partial charge in [-0.15, -0.1) is 0 Å². The van der Waals surface area contributed by atoms with Crippen molar-refractivity contribution < 1.29 is 0 Å². The Labute approximate surface area is 128 Å². The van der Waals surface area contributed by atoms with E-state index < -0.39 is 0 Å². The fourth-order valence-electron chi connectivity index (χ4n) is 3.61.